The number of hydrogen-bond donors (Lipinski definition) is 2. The van der Waals surface area contributed by atoms with Crippen LogP contribution in [-0.2, 0) is 6.54 Å². The van der Waals surface area contributed by atoms with Crippen LogP contribution in [-0.4, -0.2) is 53.4 Å². The number of nitrogens with one attached hydrogen (secondary N) is 2. The third-order valence-corrected chi connectivity index (χ3v) is 5.22. The molecule has 3 rings (SSSR count). The van der Waals surface area contributed by atoms with Crippen LogP contribution in [0, 0.1) is 13.8 Å². The first-order valence-electron chi connectivity index (χ1n) is 10.0. The summed E-state index contributed by atoms with van der Waals surface area (Å²) >= 11 is 0. The average molecular weight is 508 g/mol. The minimum absolute atomic E-state index is 0. The van der Waals surface area contributed by atoms with Gasteiger partial charge in [-0.2, -0.15) is 5.10 Å². The van der Waals surface area contributed by atoms with Gasteiger partial charge in [0.15, 0.2) is 5.96 Å². The van der Waals surface area contributed by atoms with Crippen molar-refractivity contribution in [1.82, 2.24) is 25.3 Å². The van der Waals surface area contributed by atoms with Gasteiger partial charge in [-0.15, -0.1) is 30.6 Å². The molecule has 2 aromatic rings. The maximum atomic E-state index is 4.64. The predicted molar refractivity (Wildman–Crippen MR) is 131 cm³/mol. The van der Waals surface area contributed by atoms with E-state index in [0.29, 0.717) is 12.6 Å². The number of benzene rings is 1. The second kappa shape index (κ2) is 11.3. The van der Waals surface area contributed by atoms with Crippen LogP contribution in [0.4, 0.5) is 0 Å². The number of hydrogen-bond acceptors (Lipinski definition) is 3. The Balaban J connectivity index is 0.00000300. The number of guanidine groups is 1. The molecule has 1 aliphatic heterocycles. The van der Waals surface area contributed by atoms with E-state index in [-0.39, 0.29) is 24.0 Å². The van der Waals surface area contributed by atoms with Gasteiger partial charge in [-0.25, -0.2) is 4.68 Å². The van der Waals surface area contributed by atoms with Crippen LogP contribution in [0.2, 0.25) is 0 Å². The lowest BCUT2D eigenvalue weighted by molar-refractivity contribution is 0.225. The minimum atomic E-state index is 0. The van der Waals surface area contributed by atoms with Crippen molar-refractivity contribution in [3.8, 4) is 5.69 Å². The fourth-order valence-electron chi connectivity index (χ4n) is 3.75. The Labute approximate surface area is 191 Å². The highest BCUT2D eigenvalue weighted by Crippen LogP contribution is 2.17. The summed E-state index contributed by atoms with van der Waals surface area (Å²) in [6.45, 7) is 11.8. The van der Waals surface area contributed by atoms with E-state index in [0.717, 1.165) is 55.5 Å². The molecule has 158 valence electrons. The number of aromatic nitrogens is 2. The molecule has 1 aromatic carbocycles. The van der Waals surface area contributed by atoms with Crippen molar-refractivity contribution in [2.75, 3.05) is 26.7 Å². The molecule has 2 heterocycles. The number of likely N-dealkylation sites (tertiary alicyclic amines) is 1. The van der Waals surface area contributed by atoms with E-state index in [1.807, 2.05) is 24.7 Å². The maximum absolute atomic E-state index is 4.64. The second-order valence-electron chi connectivity index (χ2n) is 7.40. The van der Waals surface area contributed by atoms with Gasteiger partial charge in [-0.05, 0) is 44.4 Å². The molecule has 29 heavy (non-hydrogen) atoms. The number of rotatable bonds is 6. The topological polar surface area (TPSA) is 57.5 Å². The van der Waals surface area contributed by atoms with Crippen molar-refractivity contribution < 1.29 is 0 Å². The summed E-state index contributed by atoms with van der Waals surface area (Å²) in [7, 11) is 1.83. The molecule has 0 bridgehead atoms. The molecule has 6 nitrogen and oxygen atoms in total. The highest BCUT2D eigenvalue weighted by Gasteiger charge is 2.19. The van der Waals surface area contributed by atoms with E-state index >= 15 is 0 Å². The van der Waals surface area contributed by atoms with Gasteiger partial charge >= 0.3 is 0 Å². The first-order chi connectivity index (χ1) is 13.6. The summed E-state index contributed by atoms with van der Waals surface area (Å²) in [4.78, 5) is 6.86. The highest BCUT2D eigenvalue weighted by atomic mass is 127. The van der Waals surface area contributed by atoms with Crippen molar-refractivity contribution in [3.63, 3.8) is 0 Å². The van der Waals surface area contributed by atoms with E-state index < -0.39 is 0 Å². The molecule has 1 fully saturated rings. The molecule has 0 aliphatic carbocycles. The van der Waals surface area contributed by atoms with Gasteiger partial charge in [0, 0.05) is 45.0 Å². The molecule has 0 unspecified atom stereocenters. The summed E-state index contributed by atoms with van der Waals surface area (Å²) < 4.78 is 2.01. The van der Waals surface area contributed by atoms with E-state index in [1.54, 1.807) is 0 Å². The van der Waals surface area contributed by atoms with Crippen molar-refractivity contribution in [2.45, 2.75) is 39.3 Å². The quantitative estimate of drug-likeness (QED) is 0.272. The molecule has 0 radical (unpaired) electrons. The minimum Gasteiger partial charge on any atom is -0.354 e. The number of nitrogens with zero attached hydrogens (tertiary/aromatic N) is 4. The molecule has 1 saturated heterocycles. The smallest absolute Gasteiger partial charge is 0.191 e. The number of para-hydroxylation sites is 1. The van der Waals surface area contributed by atoms with Crippen LogP contribution >= 0.6 is 24.0 Å². The van der Waals surface area contributed by atoms with E-state index in [4.69, 9.17) is 0 Å². The van der Waals surface area contributed by atoms with E-state index in [2.05, 4.69) is 69.5 Å². The lowest BCUT2D eigenvalue weighted by Gasteiger charge is -2.32. The molecule has 1 aromatic heterocycles. The summed E-state index contributed by atoms with van der Waals surface area (Å²) in [6, 6.07) is 10.9. The van der Waals surface area contributed by atoms with E-state index in [9.17, 15) is 0 Å². The van der Waals surface area contributed by atoms with Gasteiger partial charge in [0.2, 0.25) is 0 Å². The molecule has 0 spiro atoms. The molecule has 1 aliphatic rings. The Morgan fingerprint density at radius 1 is 1.28 bits per heavy atom. The van der Waals surface area contributed by atoms with Gasteiger partial charge in [0.05, 0.1) is 11.4 Å². The Bertz CT molecular complexity index is 820. The van der Waals surface area contributed by atoms with E-state index in [1.165, 1.54) is 5.56 Å². The van der Waals surface area contributed by atoms with Crippen molar-refractivity contribution in [3.05, 3.63) is 59.9 Å². The standard InChI is InChI=1S/C22H32N6.HI/c1-5-12-27-13-10-20(11-14-27)25-22(23-4)24-16-19-8-6-7-9-21(19)28-18(3)15-17(2)26-28;/h5-9,15,20H,1,10-14,16H2,2-4H3,(H2,23,24,25);1H. The fourth-order valence-corrected chi connectivity index (χ4v) is 3.75. The molecule has 7 heteroatoms. The Kier molecular flexibility index (Phi) is 9.16. The van der Waals surface area contributed by atoms with Crippen LogP contribution in [0.5, 0.6) is 0 Å². The molecular weight excluding hydrogens is 475 g/mol. The number of aryl methyl sites for hydroxylation is 2. The van der Waals surface area contributed by atoms with Gasteiger partial charge in [0.1, 0.15) is 0 Å². The summed E-state index contributed by atoms with van der Waals surface area (Å²) in [5.74, 6) is 0.852. The van der Waals surface area contributed by atoms with Gasteiger partial charge in [0.25, 0.3) is 0 Å². The average Bonchev–Trinajstić information content (AvgIpc) is 3.04. The van der Waals surface area contributed by atoms with Gasteiger partial charge in [-0.1, -0.05) is 24.3 Å². The third kappa shape index (κ3) is 6.30. The normalized spacial score (nSPS) is 15.6. The largest absolute Gasteiger partial charge is 0.354 e. The number of piperidine rings is 1. The maximum Gasteiger partial charge on any atom is 0.191 e. The zero-order valence-electron chi connectivity index (χ0n) is 17.7. The molecule has 0 amide bonds. The van der Waals surface area contributed by atoms with Crippen LogP contribution in [0.15, 0.2) is 48.0 Å². The molecule has 0 atom stereocenters. The first-order valence-corrected chi connectivity index (χ1v) is 10.0. The van der Waals surface area contributed by atoms with Crippen LogP contribution in [0.3, 0.4) is 0 Å². The van der Waals surface area contributed by atoms with Gasteiger partial charge in [-0.3, -0.25) is 9.89 Å². The number of aliphatic imine (C=N–C) groups is 1. The Hall–Kier alpha value is -1.87. The molecule has 2 N–H and O–H groups in total. The Morgan fingerprint density at radius 3 is 2.62 bits per heavy atom. The summed E-state index contributed by atoms with van der Waals surface area (Å²) in [6.07, 6.45) is 4.22. The Morgan fingerprint density at radius 2 is 2.00 bits per heavy atom. The van der Waals surface area contributed by atoms with Crippen LogP contribution in [0.25, 0.3) is 5.69 Å². The predicted octanol–water partition coefficient (Wildman–Crippen LogP) is 3.42. The van der Waals surface area contributed by atoms with Crippen molar-refractivity contribution in [1.29, 1.82) is 0 Å². The molecule has 0 saturated carbocycles. The lowest BCUT2D eigenvalue weighted by atomic mass is 10.1. The van der Waals surface area contributed by atoms with Crippen molar-refractivity contribution in [2.24, 2.45) is 4.99 Å². The van der Waals surface area contributed by atoms with Gasteiger partial charge < -0.3 is 10.6 Å². The first kappa shape index (κ1) is 23.4. The molecular formula is C22H33IN6. The summed E-state index contributed by atoms with van der Waals surface area (Å²) in [5, 5.41) is 11.7. The second-order valence-corrected chi connectivity index (χ2v) is 7.40. The monoisotopic (exact) mass is 508 g/mol. The number of halogens is 1. The lowest BCUT2D eigenvalue weighted by Crippen LogP contribution is -2.48. The highest BCUT2D eigenvalue weighted by molar-refractivity contribution is 14.0. The third-order valence-electron chi connectivity index (χ3n) is 5.22. The summed E-state index contributed by atoms with van der Waals surface area (Å²) in [5.41, 5.74) is 4.46. The van der Waals surface area contributed by atoms with Crippen molar-refractivity contribution >= 4 is 29.9 Å². The zero-order valence-corrected chi connectivity index (χ0v) is 20.0. The fraction of sp³-hybridized carbons (Fsp3) is 0.455. The SMILES string of the molecule is C=CCN1CCC(NC(=NC)NCc2ccccc2-n2nc(C)cc2C)CC1.I. The van der Waals surface area contributed by atoms with Crippen LogP contribution < -0.4 is 10.6 Å². The zero-order chi connectivity index (χ0) is 19.9. The van der Waals surface area contributed by atoms with Crippen LogP contribution in [0.1, 0.15) is 29.8 Å².